The Hall–Kier alpha value is -1.91. The number of hydrogen-bond donors (Lipinski definition) is 2. The van der Waals surface area contributed by atoms with Gasteiger partial charge in [-0.3, -0.25) is 4.79 Å². The minimum absolute atomic E-state index is 0.0369. The molecule has 0 bridgehead atoms. The average molecular weight is 344 g/mol. The largest absolute Gasteiger partial charge is 0.400 e. The molecule has 2 aromatic rings. The van der Waals surface area contributed by atoms with Crippen LogP contribution >= 0.6 is 0 Å². The molecular formula is C21H32N2O2. The van der Waals surface area contributed by atoms with Gasteiger partial charge in [-0.1, -0.05) is 55.8 Å². The number of benzene rings is 2. The SMILES string of the molecule is CC.CO.Cc1ccc2c(C(C)NC(=O)C3CN(C)C3)cccc2c1. The van der Waals surface area contributed by atoms with Crippen LogP contribution < -0.4 is 5.32 Å². The van der Waals surface area contributed by atoms with Crippen LogP contribution in [0.4, 0.5) is 0 Å². The zero-order valence-corrected chi connectivity index (χ0v) is 16.3. The lowest BCUT2D eigenvalue weighted by Crippen LogP contribution is -2.51. The highest BCUT2D eigenvalue weighted by Crippen LogP contribution is 2.25. The number of nitrogens with one attached hydrogen (secondary N) is 1. The number of likely N-dealkylation sites (tertiary alicyclic amines) is 1. The van der Waals surface area contributed by atoms with Crippen molar-refractivity contribution < 1.29 is 9.90 Å². The number of aliphatic hydroxyl groups is 1. The molecule has 0 aromatic heterocycles. The summed E-state index contributed by atoms with van der Waals surface area (Å²) in [7, 11) is 3.04. The lowest BCUT2D eigenvalue weighted by Gasteiger charge is -2.35. The summed E-state index contributed by atoms with van der Waals surface area (Å²) in [5.41, 5.74) is 2.45. The Morgan fingerprint density at radius 2 is 1.84 bits per heavy atom. The van der Waals surface area contributed by atoms with Gasteiger partial charge in [0.15, 0.2) is 0 Å². The van der Waals surface area contributed by atoms with Gasteiger partial charge in [-0.15, -0.1) is 0 Å². The van der Waals surface area contributed by atoms with Crippen molar-refractivity contribution in [2.24, 2.45) is 5.92 Å². The molecule has 138 valence electrons. The Balaban J connectivity index is 0.000000730. The molecule has 1 atom stereocenters. The number of aryl methyl sites for hydroxylation is 1. The van der Waals surface area contributed by atoms with Gasteiger partial charge in [-0.25, -0.2) is 0 Å². The fourth-order valence-corrected chi connectivity index (χ4v) is 3.08. The van der Waals surface area contributed by atoms with E-state index in [1.807, 2.05) is 20.9 Å². The minimum atomic E-state index is 0.0369. The highest BCUT2D eigenvalue weighted by Gasteiger charge is 2.30. The molecule has 4 heteroatoms. The van der Waals surface area contributed by atoms with Gasteiger partial charge < -0.3 is 15.3 Å². The zero-order chi connectivity index (χ0) is 19.0. The van der Waals surface area contributed by atoms with E-state index in [9.17, 15) is 4.79 Å². The fraction of sp³-hybridized carbons (Fsp3) is 0.476. The summed E-state index contributed by atoms with van der Waals surface area (Å²) < 4.78 is 0. The number of aliphatic hydroxyl groups excluding tert-OH is 1. The van der Waals surface area contributed by atoms with Crippen molar-refractivity contribution in [3.05, 3.63) is 47.5 Å². The van der Waals surface area contributed by atoms with Crippen LogP contribution in [-0.4, -0.2) is 43.2 Å². The third-order valence-electron chi connectivity index (χ3n) is 4.33. The normalized spacial score (nSPS) is 15.2. The third kappa shape index (κ3) is 5.28. The summed E-state index contributed by atoms with van der Waals surface area (Å²) in [6.07, 6.45) is 0. The van der Waals surface area contributed by atoms with E-state index in [1.54, 1.807) is 0 Å². The summed E-state index contributed by atoms with van der Waals surface area (Å²) in [5.74, 6) is 0.319. The Kier molecular flexibility index (Phi) is 8.59. The van der Waals surface area contributed by atoms with Crippen molar-refractivity contribution in [3.8, 4) is 0 Å². The van der Waals surface area contributed by atoms with Crippen LogP contribution in [-0.2, 0) is 4.79 Å². The average Bonchev–Trinajstić information content (AvgIpc) is 2.61. The van der Waals surface area contributed by atoms with E-state index < -0.39 is 0 Å². The molecule has 1 amide bonds. The van der Waals surface area contributed by atoms with Crippen molar-refractivity contribution in [2.75, 3.05) is 27.2 Å². The van der Waals surface area contributed by atoms with Crippen molar-refractivity contribution in [1.29, 1.82) is 0 Å². The first-order valence-electron chi connectivity index (χ1n) is 8.97. The monoisotopic (exact) mass is 344 g/mol. The minimum Gasteiger partial charge on any atom is -0.400 e. The van der Waals surface area contributed by atoms with Crippen LogP contribution in [0.1, 0.15) is 37.9 Å². The standard InChI is InChI=1S/C18H22N2O.C2H6.CH4O/c1-12-7-8-17-14(9-12)5-4-6-16(17)13(2)19-18(21)15-10-20(3)11-15;2*1-2/h4-9,13,15H,10-11H2,1-3H3,(H,19,21);1-2H3;2H,1H3. The predicted octanol–water partition coefficient (Wildman–Crippen LogP) is 3.52. The number of hydrogen-bond acceptors (Lipinski definition) is 3. The van der Waals surface area contributed by atoms with E-state index in [0.29, 0.717) is 0 Å². The van der Waals surface area contributed by atoms with Gasteiger partial charge in [-0.2, -0.15) is 0 Å². The van der Waals surface area contributed by atoms with Crippen LogP contribution in [0.3, 0.4) is 0 Å². The molecule has 2 N–H and O–H groups in total. The fourth-order valence-electron chi connectivity index (χ4n) is 3.08. The van der Waals surface area contributed by atoms with Crippen molar-refractivity contribution >= 4 is 16.7 Å². The molecule has 4 nitrogen and oxygen atoms in total. The maximum absolute atomic E-state index is 12.2. The molecule has 0 saturated carbocycles. The maximum Gasteiger partial charge on any atom is 0.226 e. The van der Waals surface area contributed by atoms with Crippen LogP contribution in [0.5, 0.6) is 0 Å². The number of amides is 1. The van der Waals surface area contributed by atoms with Crippen molar-refractivity contribution in [2.45, 2.75) is 33.7 Å². The highest BCUT2D eigenvalue weighted by atomic mass is 16.2. The van der Waals surface area contributed by atoms with E-state index >= 15 is 0 Å². The Labute approximate surface area is 151 Å². The molecule has 0 radical (unpaired) electrons. The summed E-state index contributed by atoms with van der Waals surface area (Å²) >= 11 is 0. The van der Waals surface area contributed by atoms with E-state index in [1.165, 1.54) is 21.9 Å². The quantitative estimate of drug-likeness (QED) is 0.896. The van der Waals surface area contributed by atoms with Gasteiger partial charge in [0.1, 0.15) is 0 Å². The van der Waals surface area contributed by atoms with Crippen LogP contribution in [0.25, 0.3) is 10.8 Å². The van der Waals surface area contributed by atoms with Gasteiger partial charge >= 0.3 is 0 Å². The summed E-state index contributed by atoms with van der Waals surface area (Å²) in [6, 6.07) is 12.8. The molecule has 3 rings (SSSR count). The number of fused-ring (bicyclic) bond motifs is 1. The Bertz CT molecular complexity index is 679. The van der Waals surface area contributed by atoms with Crippen LogP contribution in [0.15, 0.2) is 36.4 Å². The summed E-state index contributed by atoms with van der Waals surface area (Å²) in [4.78, 5) is 14.4. The molecule has 0 aliphatic carbocycles. The first-order chi connectivity index (χ1) is 12.0. The Morgan fingerprint density at radius 1 is 1.20 bits per heavy atom. The smallest absolute Gasteiger partial charge is 0.226 e. The van der Waals surface area contributed by atoms with Crippen LogP contribution in [0.2, 0.25) is 0 Å². The molecule has 25 heavy (non-hydrogen) atoms. The van der Waals surface area contributed by atoms with E-state index in [2.05, 4.69) is 60.5 Å². The number of carbonyl (C=O) groups is 1. The zero-order valence-electron chi connectivity index (χ0n) is 16.3. The Morgan fingerprint density at radius 3 is 2.44 bits per heavy atom. The second-order valence-electron chi connectivity index (χ2n) is 6.22. The third-order valence-corrected chi connectivity index (χ3v) is 4.33. The second kappa shape index (κ2) is 10.2. The van der Waals surface area contributed by atoms with E-state index in [0.717, 1.165) is 20.2 Å². The molecule has 0 spiro atoms. The van der Waals surface area contributed by atoms with Crippen LogP contribution in [0, 0.1) is 12.8 Å². The lowest BCUT2D eigenvalue weighted by atomic mass is 9.96. The number of carbonyl (C=O) groups excluding carboxylic acids is 1. The van der Waals surface area contributed by atoms with E-state index in [4.69, 9.17) is 5.11 Å². The molecule has 1 saturated heterocycles. The van der Waals surface area contributed by atoms with Gasteiger partial charge in [-0.05, 0) is 37.2 Å². The summed E-state index contributed by atoms with van der Waals surface area (Å²) in [5, 5.41) is 12.6. The first kappa shape index (κ1) is 21.1. The lowest BCUT2D eigenvalue weighted by molar-refractivity contribution is -0.130. The maximum atomic E-state index is 12.2. The first-order valence-corrected chi connectivity index (χ1v) is 8.97. The summed E-state index contributed by atoms with van der Waals surface area (Å²) in [6.45, 7) is 9.90. The van der Waals surface area contributed by atoms with Gasteiger partial charge in [0.2, 0.25) is 5.91 Å². The molecule has 1 fully saturated rings. The molecular weight excluding hydrogens is 312 g/mol. The van der Waals surface area contributed by atoms with Gasteiger partial charge in [0.25, 0.3) is 0 Å². The topological polar surface area (TPSA) is 52.6 Å². The number of nitrogens with zero attached hydrogens (tertiary/aromatic N) is 1. The van der Waals surface area contributed by atoms with E-state index in [-0.39, 0.29) is 17.9 Å². The molecule has 1 unspecified atom stereocenters. The number of rotatable bonds is 3. The molecule has 1 aliphatic rings. The second-order valence-corrected chi connectivity index (χ2v) is 6.22. The van der Waals surface area contributed by atoms with Crippen molar-refractivity contribution in [3.63, 3.8) is 0 Å². The molecule has 1 heterocycles. The predicted molar refractivity (Wildman–Crippen MR) is 106 cm³/mol. The molecule has 2 aromatic carbocycles. The van der Waals surface area contributed by atoms with Gasteiger partial charge in [0, 0.05) is 20.2 Å². The molecule has 1 aliphatic heterocycles. The highest BCUT2D eigenvalue weighted by molar-refractivity contribution is 5.87. The van der Waals surface area contributed by atoms with Crippen molar-refractivity contribution in [1.82, 2.24) is 10.2 Å². The van der Waals surface area contributed by atoms with Gasteiger partial charge in [0.05, 0.1) is 12.0 Å².